The second-order valence-corrected chi connectivity index (χ2v) is 7.42. The van der Waals surface area contributed by atoms with Gasteiger partial charge in [0.1, 0.15) is 12.2 Å². The third kappa shape index (κ3) is 1.56. The zero-order valence-corrected chi connectivity index (χ0v) is 13.9. The summed E-state index contributed by atoms with van der Waals surface area (Å²) in [5.41, 5.74) is 2.54. The second-order valence-electron chi connectivity index (χ2n) is 7.42. The molecule has 0 radical (unpaired) electrons. The molecule has 0 saturated carbocycles. The number of methoxy groups -OCH3 is 1. The van der Waals surface area contributed by atoms with E-state index < -0.39 is 6.10 Å². The van der Waals surface area contributed by atoms with Gasteiger partial charge < -0.3 is 14.6 Å². The van der Waals surface area contributed by atoms with E-state index in [0.29, 0.717) is 12.0 Å². The third-order valence-corrected chi connectivity index (χ3v) is 6.56. The Morgan fingerprint density at radius 3 is 3.12 bits per heavy atom. The predicted molar refractivity (Wildman–Crippen MR) is 91.6 cm³/mol. The number of piperidine rings is 1. The highest BCUT2D eigenvalue weighted by Crippen LogP contribution is 2.62. The predicted octanol–water partition coefficient (Wildman–Crippen LogP) is 2.06. The van der Waals surface area contributed by atoms with Crippen molar-refractivity contribution in [1.82, 2.24) is 4.90 Å². The van der Waals surface area contributed by atoms with Gasteiger partial charge >= 0.3 is 0 Å². The molecule has 1 spiro atoms. The minimum Gasteiger partial charge on any atom is -0.493 e. The fourth-order valence-electron chi connectivity index (χ4n) is 5.67. The monoisotopic (exact) mass is 325 g/mol. The maximum atomic E-state index is 10.6. The van der Waals surface area contributed by atoms with E-state index in [1.54, 1.807) is 7.11 Å². The lowest BCUT2D eigenvalue weighted by Gasteiger charge is -2.57. The third-order valence-electron chi connectivity index (χ3n) is 6.56. The summed E-state index contributed by atoms with van der Waals surface area (Å²) in [5.74, 6) is 2.03. The molecule has 2 heterocycles. The smallest absolute Gasteiger partial charge is 0.165 e. The maximum absolute atomic E-state index is 10.6. The summed E-state index contributed by atoms with van der Waals surface area (Å²) < 4.78 is 11.9. The number of aliphatic hydroxyl groups is 1. The Balaban J connectivity index is 1.75. The van der Waals surface area contributed by atoms with Gasteiger partial charge in [-0.15, -0.1) is 6.58 Å². The van der Waals surface area contributed by atoms with E-state index in [0.717, 1.165) is 37.4 Å². The molecule has 2 bridgehead atoms. The summed E-state index contributed by atoms with van der Waals surface area (Å²) >= 11 is 0. The van der Waals surface area contributed by atoms with E-state index in [1.165, 1.54) is 11.1 Å². The summed E-state index contributed by atoms with van der Waals surface area (Å²) in [7, 11) is 1.69. The molecule has 2 aliphatic heterocycles. The molecule has 5 rings (SSSR count). The number of likely N-dealkylation sites (tertiary alicyclic amines) is 1. The van der Waals surface area contributed by atoms with E-state index in [4.69, 9.17) is 9.47 Å². The second kappa shape index (κ2) is 4.87. The van der Waals surface area contributed by atoms with Crippen LogP contribution in [0.3, 0.4) is 0 Å². The number of hydrogen-bond donors (Lipinski definition) is 1. The molecule has 126 valence electrons. The van der Waals surface area contributed by atoms with Gasteiger partial charge in [-0.2, -0.15) is 0 Å². The SMILES string of the molecule is C=CCN1CC[C@]23c4c5ccc(OC)c4O[C@H]2[C@@H](O)C=C[C@H]3C1C5. The first-order valence-corrected chi connectivity index (χ1v) is 8.79. The van der Waals surface area contributed by atoms with Gasteiger partial charge in [-0.1, -0.05) is 24.3 Å². The number of ether oxygens (including phenoxy) is 2. The number of nitrogens with zero attached hydrogens (tertiary/aromatic N) is 1. The van der Waals surface area contributed by atoms with Gasteiger partial charge in [-0.05, 0) is 31.0 Å². The summed E-state index contributed by atoms with van der Waals surface area (Å²) in [5, 5.41) is 10.6. The first kappa shape index (κ1) is 14.6. The fraction of sp³-hybridized carbons (Fsp3) is 0.500. The Labute approximate surface area is 142 Å². The Hall–Kier alpha value is -1.78. The van der Waals surface area contributed by atoms with Gasteiger partial charge in [0.05, 0.1) is 7.11 Å². The number of rotatable bonds is 3. The van der Waals surface area contributed by atoms with Crippen LogP contribution in [0.1, 0.15) is 17.5 Å². The van der Waals surface area contributed by atoms with Crippen molar-refractivity contribution in [3.8, 4) is 11.5 Å². The van der Waals surface area contributed by atoms with Gasteiger partial charge in [0.25, 0.3) is 0 Å². The van der Waals surface area contributed by atoms with Gasteiger partial charge in [0.2, 0.25) is 0 Å². The summed E-state index contributed by atoms with van der Waals surface area (Å²) in [6, 6.07) is 4.64. The molecule has 24 heavy (non-hydrogen) atoms. The molecule has 5 atom stereocenters. The van der Waals surface area contributed by atoms with Crippen molar-refractivity contribution in [2.75, 3.05) is 20.2 Å². The van der Waals surface area contributed by atoms with Crippen LogP contribution in [0.25, 0.3) is 0 Å². The van der Waals surface area contributed by atoms with Crippen LogP contribution in [0.15, 0.2) is 36.9 Å². The van der Waals surface area contributed by atoms with E-state index in [-0.39, 0.29) is 11.5 Å². The van der Waals surface area contributed by atoms with Crippen molar-refractivity contribution in [3.63, 3.8) is 0 Å². The van der Waals surface area contributed by atoms with Crippen molar-refractivity contribution in [2.45, 2.75) is 36.5 Å². The zero-order chi connectivity index (χ0) is 16.5. The molecular weight excluding hydrogens is 302 g/mol. The van der Waals surface area contributed by atoms with Crippen LogP contribution in [0.2, 0.25) is 0 Å². The number of aliphatic hydroxyl groups excluding tert-OH is 1. The molecule has 1 N–H and O–H groups in total. The Morgan fingerprint density at radius 1 is 1.46 bits per heavy atom. The molecule has 4 nitrogen and oxygen atoms in total. The van der Waals surface area contributed by atoms with Crippen molar-refractivity contribution in [2.24, 2.45) is 5.92 Å². The largest absolute Gasteiger partial charge is 0.493 e. The van der Waals surface area contributed by atoms with E-state index in [9.17, 15) is 5.11 Å². The molecule has 0 amide bonds. The Kier molecular flexibility index (Phi) is 2.95. The highest BCUT2D eigenvalue weighted by atomic mass is 16.5. The molecule has 2 aliphatic carbocycles. The van der Waals surface area contributed by atoms with Crippen LogP contribution in [0, 0.1) is 5.92 Å². The number of hydrogen-bond acceptors (Lipinski definition) is 4. The summed E-state index contributed by atoms with van der Waals surface area (Å²) in [4.78, 5) is 2.53. The van der Waals surface area contributed by atoms with Gasteiger partial charge in [0.15, 0.2) is 11.5 Å². The van der Waals surface area contributed by atoms with Crippen LogP contribution < -0.4 is 9.47 Å². The quantitative estimate of drug-likeness (QED) is 0.864. The molecule has 1 aromatic rings. The lowest BCUT2D eigenvalue weighted by Crippen LogP contribution is -2.65. The summed E-state index contributed by atoms with van der Waals surface area (Å²) in [6.45, 7) is 5.86. The summed E-state index contributed by atoms with van der Waals surface area (Å²) in [6.07, 6.45) is 7.42. The first-order chi connectivity index (χ1) is 11.7. The average molecular weight is 325 g/mol. The van der Waals surface area contributed by atoms with Crippen LogP contribution in [-0.2, 0) is 11.8 Å². The highest BCUT2D eigenvalue weighted by molar-refractivity contribution is 5.62. The normalized spacial score (nSPS) is 38.4. The minimum atomic E-state index is -0.559. The van der Waals surface area contributed by atoms with E-state index in [2.05, 4.69) is 23.6 Å². The van der Waals surface area contributed by atoms with E-state index in [1.807, 2.05) is 18.2 Å². The lowest BCUT2D eigenvalue weighted by molar-refractivity contribution is -0.0488. The Bertz CT molecular complexity index is 743. The van der Waals surface area contributed by atoms with Crippen molar-refractivity contribution in [3.05, 3.63) is 48.1 Å². The molecule has 4 aliphatic rings. The molecule has 1 aromatic carbocycles. The molecule has 0 aromatic heterocycles. The van der Waals surface area contributed by atoms with Crippen molar-refractivity contribution < 1.29 is 14.6 Å². The van der Waals surface area contributed by atoms with Gasteiger partial charge in [0, 0.05) is 29.5 Å². The average Bonchev–Trinajstić information content (AvgIpc) is 2.94. The first-order valence-electron chi connectivity index (χ1n) is 8.79. The van der Waals surface area contributed by atoms with E-state index >= 15 is 0 Å². The minimum absolute atomic E-state index is 0.117. The molecule has 1 fully saturated rings. The Morgan fingerprint density at radius 2 is 2.33 bits per heavy atom. The van der Waals surface area contributed by atoms with Gasteiger partial charge in [-0.25, -0.2) is 0 Å². The lowest BCUT2D eigenvalue weighted by atomic mass is 9.53. The molecular formula is C20H23NO3. The highest BCUT2D eigenvalue weighted by Gasteiger charge is 2.64. The fourth-order valence-corrected chi connectivity index (χ4v) is 5.67. The number of benzene rings is 1. The topological polar surface area (TPSA) is 41.9 Å². The van der Waals surface area contributed by atoms with Crippen molar-refractivity contribution in [1.29, 1.82) is 0 Å². The standard InChI is InChI=1S/C20H23NO3/c1-3-9-21-10-8-20-13-5-6-15(22)19(20)24-18-16(23-2)7-4-12(17(18)20)11-14(13)21/h3-7,13-15,19,22H,1,8-11H2,2H3/t13-,14?,15-,19-,20-/m0/s1. The maximum Gasteiger partial charge on any atom is 0.165 e. The van der Waals surface area contributed by atoms with Crippen LogP contribution in [-0.4, -0.2) is 48.5 Å². The zero-order valence-electron chi connectivity index (χ0n) is 13.9. The molecule has 1 unspecified atom stereocenters. The molecule has 4 heteroatoms. The van der Waals surface area contributed by atoms with Crippen LogP contribution in [0.5, 0.6) is 11.5 Å². The van der Waals surface area contributed by atoms with Crippen molar-refractivity contribution >= 4 is 0 Å². The van der Waals surface area contributed by atoms with Gasteiger partial charge in [-0.3, -0.25) is 4.90 Å². The van der Waals surface area contributed by atoms with Crippen LogP contribution in [0.4, 0.5) is 0 Å². The molecule has 1 saturated heterocycles. The van der Waals surface area contributed by atoms with Crippen LogP contribution >= 0.6 is 0 Å².